The lowest BCUT2D eigenvalue weighted by Crippen LogP contribution is -2.15. The zero-order valence-corrected chi connectivity index (χ0v) is 25.7. The summed E-state index contributed by atoms with van der Waals surface area (Å²) in [6.45, 7) is 4.67. The van der Waals surface area contributed by atoms with Gasteiger partial charge in [-0.05, 0) is 57.6 Å². The summed E-state index contributed by atoms with van der Waals surface area (Å²) in [6.07, 6.45) is 0. The number of para-hydroxylation sites is 1. The van der Waals surface area contributed by atoms with E-state index in [0.29, 0.717) is 5.82 Å². The molecule has 3 nitrogen and oxygen atoms in total. The molecule has 0 fully saturated rings. The van der Waals surface area contributed by atoms with Crippen molar-refractivity contribution in [2.75, 3.05) is 0 Å². The number of rotatable bonds is 4. The average molecular weight is 591 g/mol. The van der Waals surface area contributed by atoms with E-state index in [9.17, 15) is 0 Å². The fraction of sp³-hybridized carbons (Fsp3) is 0.0698. The summed E-state index contributed by atoms with van der Waals surface area (Å²) < 4.78 is 6.27. The molecule has 3 heteroatoms. The Hall–Kier alpha value is -5.80. The third-order valence-electron chi connectivity index (χ3n) is 9.49. The van der Waals surface area contributed by atoms with Gasteiger partial charge in [-0.1, -0.05) is 135 Å². The molecule has 0 aliphatic heterocycles. The Morgan fingerprint density at radius 1 is 0.478 bits per heavy atom. The minimum atomic E-state index is -0.142. The molecule has 0 spiro atoms. The number of nitrogens with zero attached hydrogens (tertiary/aromatic N) is 2. The summed E-state index contributed by atoms with van der Waals surface area (Å²) in [5, 5.41) is 2.41. The van der Waals surface area contributed by atoms with E-state index in [1.807, 2.05) is 42.5 Å². The normalized spacial score (nSPS) is 13.2. The van der Waals surface area contributed by atoms with Gasteiger partial charge in [-0.15, -0.1) is 0 Å². The van der Waals surface area contributed by atoms with Gasteiger partial charge in [-0.25, -0.2) is 9.97 Å². The predicted octanol–water partition coefficient (Wildman–Crippen LogP) is 11.4. The molecule has 0 atom stereocenters. The van der Waals surface area contributed by atoms with Gasteiger partial charge >= 0.3 is 0 Å². The van der Waals surface area contributed by atoms with E-state index in [1.165, 1.54) is 38.6 Å². The maximum atomic E-state index is 6.27. The minimum Gasteiger partial charge on any atom is -0.456 e. The maximum Gasteiger partial charge on any atom is 0.160 e. The largest absolute Gasteiger partial charge is 0.456 e. The van der Waals surface area contributed by atoms with Gasteiger partial charge in [0, 0.05) is 32.9 Å². The number of hydrogen-bond donors (Lipinski definition) is 0. The average Bonchev–Trinajstić information content (AvgIpc) is 3.60. The van der Waals surface area contributed by atoms with E-state index in [1.54, 1.807) is 0 Å². The van der Waals surface area contributed by atoms with Crippen LogP contribution >= 0.6 is 0 Å². The quantitative estimate of drug-likeness (QED) is 0.205. The molecule has 0 saturated carbocycles. The smallest absolute Gasteiger partial charge is 0.160 e. The maximum absolute atomic E-state index is 6.27. The summed E-state index contributed by atoms with van der Waals surface area (Å²) in [7, 11) is 0. The first-order valence-corrected chi connectivity index (χ1v) is 15.7. The first-order valence-electron chi connectivity index (χ1n) is 15.7. The number of hydrogen-bond acceptors (Lipinski definition) is 3. The van der Waals surface area contributed by atoms with Crippen molar-refractivity contribution >= 4 is 21.9 Å². The molecule has 46 heavy (non-hydrogen) atoms. The molecule has 0 radical (unpaired) electrons. The fourth-order valence-electron chi connectivity index (χ4n) is 7.22. The Balaban J connectivity index is 1.12. The van der Waals surface area contributed by atoms with E-state index in [-0.39, 0.29) is 5.41 Å². The molecule has 0 N–H and O–H groups in total. The van der Waals surface area contributed by atoms with Gasteiger partial charge in [0.05, 0.1) is 11.4 Å². The number of fused-ring (bicyclic) bond motifs is 7. The lowest BCUT2D eigenvalue weighted by molar-refractivity contribution is 0.657. The van der Waals surface area contributed by atoms with Crippen LogP contribution in [-0.2, 0) is 5.41 Å². The molecule has 0 bridgehead atoms. The van der Waals surface area contributed by atoms with E-state index >= 15 is 0 Å². The Labute approximate surface area is 267 Å². The van der Waals surface area contributed by atoms with Gasteiger partial charge in [-0.3, -0.25) is 0 Å². The number of furan rings is 1. The Kier molecular flexibility index (Phi) is 5.85. The highest BCUT2D eigenvalue weighted by atomic mass is 16.3. The second kappa shape index (κ2) is 10.1. The molecule has 0 unspecified atom stereocenters. The zero-order valence-electron chi connectivity index (χ0n) is 25.7. The highest BCUT2D eigenvalue weighted by Gasteiger charge is 2.38. The topological polar surface area (TPSA) is 38.9 Å². The van der Waals surface area contributed by atoms with Crippen molar-refractivity contribution in [3.8, 4) is 56.2 Å². The van der Waals surface area contributed by atoms with E-state index < -0.39 is 0 Å². The molecule has 1 aliphatic rings. The lowest BCUT2D eigenvalue weighted by Gasteiger charge is -2.22. The van der Waals surface area contributed by atoms with Crippen LogP contribution in [0.15, 0.2) is 150 Å². The van der Waals surface area contributed by atoms with Crippen LogP contribution in [0.5, 0.6) is 0 Å². The van der Waals surface area contributed by atoms with Crippen LogP contribution in [0.4, 0.5) is 0 Å². The SMILES string of the molecule is CC1(C)c2ccc(-c3ccc(-c4nc(-c5ccccc5)cc(-c5ccccc5)n4)cc3)cc2-c2ccc3oc4ccccc4c3c21. The van der Waals surface area contributed by atoms with E-state index in [2.05, 4.69) is 117 Å². The second-order valence-electron chi connectivity index (χ2n) is 12.6. The highest BCUT2D eigenvalue weighted by molar-refractivity contribution is 6.11. The molecule has 9 rings (SSSR count). The van der Waals surface area contributed by atoms with Crippen LogP contribution in [-0.4, -0.2) is 9.97 Å². The summed E-state index contributed by atoms with van der Waals surface area (Å²) in [6, 6.07) is 51.0. The molecule has 2 heterocycles. The van der Waals surface area contributed by atoms with Crippen molar-refractivity contribution < 1.29 is 4.42 Å². The fourth-order valence-corrected chi connectivity index (χ4v) is 7.22. The number of benzene rings is 6. The van der Waals surface area contributed by atoms with Crippen LogP contribution < -0.4 is 0 Å². The highest BCUT2D eigenvalue weighted by Crippen LogP contribution is 2.53. The molecule has 2 aromatic heterocycles. The Bertz CT molecular complexity index is 2360. The predicted molar refractivity (Wildman–Crippen MR) is 189 cm³/mol. The van der Waals surface area contributed by atoms with E-state index in [0.717, 1.165) is 44.8 Å². The second-order valence-corrected chi connectivity index (χ2v) is 12.6. The Morgan fingerprint density at radius 3 is 1.78 bits per heavy atom. The van der Waals surface area contributed by atoms with Gasteiger partial charge < -0.3 is 4.42 Å². The van der Waals surface area contributed by atoms with Crippen LogP contribution in [0.1, 0.15) is 25.0 Å². The van der Waals surface area contributed by atoms with Gasteiger partial charge in [0.2, 0.25) is 0 Å². The molecule has 0 amide bonds. The van der Waals surface area contributed by atoms with Gasteiger partial charge in [-0.2, -0.15) is 0 Å². The molecule has 6 aromatic carbocycles. The standard InChI is InChI=1S/C43H30N2O/c1-43(2)35-23-21-31(25-34(35)32-22-24-39-40(41(32)43)33-15-9-10-16-38(33)46-39)27-17-19-30(20-18-27)42-44-36(28-11-5-3-6-12-28)26-37(45-42)29-13-7-4-8-14-29/h3-26H,1-2H3. The third-order valence-corrected chi connectivity index (χ3v) is 9.49. The van der Waals surface area contributed by atoms with Crippen molar-refractivity contribution in [2.45, 2.75) is 19.3 Å². The van der Waals surface area contributed by atoms with Crippen molar-refractivity contribution in [3.63, 3.8) is 0 Å². The molecule has 1 aliphatic carbocycles. The van der Waals surface area contributed by atoms with Crippen LogP contribution in [0.3, 0.4) is 0 Å². The van der Waals surface area contributed by atoms with Crippen molar-refractivity contribution in [3.05, 3.63) is 157 Å². The minimum absolute atomic E-state index is 0.142. The third kappa shape index (κ3) is 4.13. The van der Waals surface area contributed by atoms with Crippen LogP contribution in [0.2, 0.25) is 0 Å². The monoisotopic (exact) mass is 590 g/mol. The molecule has 0 saturated heterocycles. The summed E-state index contributed by atoms with van der Waals surface area (Å²) in [5.41, 5.74) is 14.3. The van der Waals surface area contributed by atoms with Crippen LogP contribution in [0, 0.1) is 0 Å². The summed E-state index contributed by atoms with van der Waals surface area (Å²) >= 11 is 0. The first kappa shape index (κ1) is 26.6. The molecule has 218 valence electrons. The lowest BCUT2D eigenvalue weighted by atomic mass is 9.80. The van der Waals surface area contributed by atoms with Crippen molar-refractivity contribution in [1.82, 2.24) is 9.97 Å². The van der Waals surface area contributed by atoms with E-state index in [4.69, 9.17) is 14.4 Å². The van der Waals surface area contributed by atoms with Crippen molar-refractivity contribution in [2.24, 2.45) is 0 Å². The molecular weight excluding hydrogens is 560 g/mol. The Morgan fingerprint density at radius 2 is 1.09 bits per heavy atom. The summed E-state index contributed by atoms with van der Waals surface area (Å²) in [4.78, 5) is 10.0. The molecule has 8 aromatic rings. The first-order chi connectivity index (χ1) is 22.5. The zero-order chi connectivity index (χ0) is 30.8. The van der Waals surface area contributed by atoms with Gasteiger partial charge in [0.1, 0.15) is 11.2 Å². The number of aromatic nitrogens is 2. The van der Waals surface area contributed by atoms with Crippen molar-refractivity contribution in [1.29, 1.82) is 0 Å². The summed E-state index contributed by atoms with van der Waals surface area (Å²) in [5.74, 6) is 0.716. The van der Waals surface area contributed by atoms with Crippen LogP contribution in [0.25, 0.3) is 78.1 Å². The molecular formula is C43H30N2O. The van der Waals surface area contributed by atoms with Gasteiger partial charge in [0.25, 0.3) is 0 Å². The van der Waals surface area contributed by atoms with Gasteiger partial charge in [0.15, 0.2) is 5.82 Å².